The van der Waals surface area contributed by atoms with E-state index in [1.54, 1.807) is 6.07 Å². The summed E-state index contributed by atoms with van der Waals surface area (Å²) >= 11 is 0. The second-order valence-electron chi connectivity index (χ2n) is 4.02. The largest absolute Gasteiger partial charge is 0.493 e. The molecule has 4 heteroatoms. The molecule has 19 heavy (non-hydrogen) atoms. The van der Waals surface area contributed by atoms with Crippen molar-refractivity contribution in [2.45, 2.75) is 13.5 Å². The van der Waals surface area contributed by atoms with E-state index in [9.17, 15) is 4.79 Å². The molecule has 0 radical (unpaired) electrons. The van der Waals surface area contributed by atoms with Gasteiger partial charge in [-0.2, -0.15) is 0 Å². The van der Waals surface area contributed by atoms with Crippen LogP contribution in [0.4, 0.5) is 0 Å². The van der Waals surface area contributed by atoms with E-state index in [0.717, 1.165) is 5.56 Å². The highest BCUT2D eigenvalue weighted by atomic mass is 16.5. The molecule has 1 aromatic heterocycles. The number of hydrogen-bond acceptors (Lipinski definition) is 4. The molecule has 98 valence electrons. The van der Waals surface area contributed by atoms with Crippen LogP contribution in [0.5, 0.6) is 11.5 Å². The van der Waals surface area contributed by atoms with Crippen LogP contribution in [0.3, 0.4) is 0 Å². The van der Waals surface area contributed by atoms with Crippen LogP contribution in [0.2, 0.25) is 0 Å². The number of Topliss-reactive ketones (excluding diaryl/α,β-unsaturated/α-hetero) is 1. The number of hydrogen-bond donors (Lipinski definition) is 0. The highest BCUT2D eigenvalue weighted by Gasteiger charge is 2.15. The summed E-state index contributed by atoms with van der Waals surface area (Å²) in [4.78, 5) is 15.6. The smallest absolute Gasteiger partial charge is 0.191 e. The lowest BCUT2D eigenvalue weighted by Gasteiger charge is -2.12. The molecule has 0 spiro atoms. The molecule has 2 rings (SSSR count). The maximum atomic E-state index is 11.5. The second-order valence-corrected chi connectivity index (χ2v) is 4.02. The summed E-state index contributed by atoms with van der Waals surface area (Å²) in [5.74, 6) is 0.749. The Morgan fingerprint density at radius 3 is 2.58 bits per heavy atom. The average molecular weight is 257 g/mol. The first-order chi connectivity index (χ1) is 9.22. The van der Waals surface area contributed by atoms with E-state index in [2.05, 4.69) is 4.98 Å². The second kappa shape index (κ2) is 6.00. The Hall–Kier alpha value is -2.36. The van der Waals surface area contributed by atoms with Gasteiger partial charge in [0.1, 0.15) is 6.61 Å². The maximum Gasteiger partial charge on any atom is 0.191 e. The first kappa shape index (κ1) is 13.1. The number of ether oxygens (including phenoxy) is 2. The zero-order valence-electron chi connectivity index (χ0n) is 10.9. The molecule has 0 N–H and O–H groups in total. The fourth-order valence-corrected chi connectivity index (χ4v) is 1.71. The molecule has 0 atom stereocenters. The van der Waals surface area contributed by atoms with Crippen molar-refractivity contribution in [2.75, 3.05) is 7.11 Å². The Labute approximate surface area is 112 Å². The third-order valence-electron chi connectivity index (χ3n) is 2.65. The van der Waals surface area contributed by atoms with Gasteiger partial charge in [0.25, 0.3) is 0 Å². The van der Waals surface area contributed by atoms with Crippen molar-refractivity contribution < 1.29 is 14.3 Å². The number of rotatable bonds is 5. The first-order valence-corrected chi connectivity index (χ1v) is 5.93. The molecular weight excluding hydrogens is 242 g/mol. The molecule has 0 amide bonds. The fourth-order valence-electron chi connectivity index (χ4n) is 1.71. The minimum Gasteiger partial charge on any atom is -0.493 e. The maximum absolute atomic E-state index is 11.5. The van der Waals surface area contributed by atoms with Crippen molar-refractivity contribution in [2.24, 2.45) is 0 Å². The lowest BCUT2D eigenvalue weighted by atomic mass is 10.2. The van der Waals surface area contributed by atoms with Gasteiger partial charge in [-0.15, -0.1) is 0 Å². The normalized spacial score (nSPS) is 10.0. The van der Waals surface area contributed by atoms with Gasteiger partial charge in [0.15, 0.2) is 23.0 Å². The van der Waals surface area contributed by atoms with Crippen LogP contribution in [-0.2, 0) is 6.61 Å². The summed E-state index contributed by atoms with van der Waals surface area (Å²) in [6, 6.07) is 11.4. The number of methoxy groups -OCH3 is 1. The van der Waals surface area contributed by atoms with Gasteiger partial charge in [0.05, 0.1) is 7.11 Å². The summed E-state index contributed by atoms with van der Waals surface area (Å²) < 4.78 is 10.9. The number of ketones is 1. The summed E-state index contributed by atoms with van der Waals surface area (Å²) in [5.41, 5.74) is 1.30. The van der Waals surface area contributed by atoms with Gasteiger partial charge in [0, 0.05) is 19.2 Å². The third-order valence-corrected chi connectivity index (χ3v) is 2.65. The lowest BCUT2D eigenvalue weighted by molar-refractivity contribution is 0.100. The van der Waals surface area contributed by atoms with E-state index in [-0.39, 0.29) is 11.5 Å². The van der Waals surface area contributed by atoms with Crippen LogP contribution in [-0.4, -0.2) is 17.9 Å². The summed E-state index contributed by atoms with van der Waals surface area (Å²) in [7, 11) is 1.54. The molecule has 1 heterocycles. The van der Waals surface area contributed by atoms with Crippen molar-refractivity contribution >= 4 is 5.78 Å². The number of pyridine rings is 1. The molecule has 0 fully saturated rings. The number of aromatic nitrogens is 1. The van der Waals surface area contributed by atoms with E-state index in [0.29, 0.717) is 18.1 Å². The summed E-state index contributed by atoms with van der Waals surface area (Å²) in [6.07, 6.45) is 1.53. The zero-order valence-corrected chi connectivity index (χ0v) is 10.9. The molecule has 0 aliphatic carbocycles. The topological polar surface area (TPSA) is 48.4 Å². The molecule has 1 aromatic carbocycles. The zero-order chi connectivity index (χ0) is 13.7. The van der Waals surface area contributed by atoms with E-state index in [4.69, 9.17) is 9.47 Å². The molecule has 0 aliphatic heterocycles. The number of nitrogens with zero attached hydrogens (tertiary/aromatic N) is 1. The highest BCUT2D eigenvalue weighted by molar-refractivity contribution is 5.95. The van der Waals surface area contributed by atoms with Gasteiger partial charge in [-0.3, -0.25) is 4.79 Å². The van der Waals surface area contributed by atoms with E-state index >= 15 is 0 Å². The van der Waals surface area contributed by atoms with Crippen molar-refractivity contribution in [1.82, 2.24) is 4.98 Å². The van der Waals surface area contributed by atoms with Crippen LogP contribution in [0.15, 0.2) is 42.6 Å². The van der Waals surface area contributed by atoms with Crippen molar-refractivity contribution in [3.63, 3.8) is 0 Å². The van der Waals surface area contributed by atoms with Gasteiger partial charge in [-0.25, -0.2) is 4.98 Å². The molecular formula is C15H15NO3. The van der Waals surface area contributed by atoms with E-state index in [1.807, 2.05) is 30.3 Å². The standard InChI is InChI=1S/C15H15NO3/c1-11(17)14-15(13(18-2)8-9-16-14)19-10-12-6-4-3-5-7-12/h3-9H,10H2,1-2H3. The van der Waals surface area contributed by atoms with Gasteiger partial charge in [-0.1, -0.05) is 30.3 Å². The lowest BCUT2D eigenvalue weighted by Crippen LogP contribution is -2.05. The Bertz CT molecular complexity index is 567. The Kier molecular flexibility index (Phi) is 4.13. The summed E-state index contributed by atoms with van der Waals surface area (Å²) in [5, 5.41) is 0. The number of carbonyl (C=O) groups is 1. The molecule has 0 saturated carbocycles. The SMILES string of the molecule is COc1ccnc(C(C)=O)c1OCc1ccccc1. The number of benzene rings is 1. The Morgan fingerprint density at radius 2 is 1.95 bits per heavy atom. The molecule has 0 unspecified atom stereocenters. The highest BCUT2D eigenvalue weighted by Crippen LogP contribution is 2.30. The molecule has 2 aromatic rings. The van der Waals surface area contributed by atoms with Crippen LogP contribution < -0.4 is 9.47 Å². The Balaban J connectivity index is 2.25. The van der Waals surface area contributed by atoms with Gasteiger partial charge in [0.2, 0.25) is 0 Å². The van der Waals surface area contributed by atoms with E-state index < -0.39 is 0 Å². The number of carbonyl (C=O) groups excluding carboxylic acids is 1. The van der Waals surface area contributed by atoms with Crippen LogP contribution in [0, 0.1) is 0 Å². The van der Waals surface area contributed by atoms with Gasteiger partial charge >= 0.3 is 0 Å². The van der Waals surface area contributed by atoms with Crippen LogP contribution in [0.1, 0.15) is 23.0 Å². The Morgan fingerprint density at radius 1 is 1.21 bits per heavy atom. The fraction of sp³-hybridized carbons (Fsp3) is 0.200. The average Bonchev–Trinajstić information content (AvgIpc) is 2.45. The van der Waals surface area contributed by atoms with Crippen LogP contribution >= 0.6 is 0 Å². The molecule has 4 nitrogen and oxygen atoms in total. The molecule has 0 aliphatic rings. The van der Waals surface area contributed by atoms with Crippen molar-refractivity contribution in [3.8, 4) is 11.5 Å². The van der Waals surface area contributed by atoms with Crippen LogP contribution in [0.25, 0.3) is 0 Å². The molecule has 0 bridgehead atoms. The van der Waals surface area contributed by atoms with E-state index in [1.165, 1.54) is 20.2 Å². The van der Waals surface area contributed by atoms with Crippen molar-refractivity contribution in [3.05, 3.63) is 53.9 Å². The van der Waals surface area contributed by atoms with Gasteiger partial charge in [-0.05, 0) is 5.56 Å². The predicted octanol–water partition coefficient (Wildman–Crippen LogP) is 2.87. The van der Waals surface area contributed by atoms with Gasteiger partial charge < -0.3 is 9.47 Å². The monoisotopic (exact) mass is 257 g/mol. The van der Waals surface area contributed by atoms with Crippen molar-refractivity contribution in [1.29, 1.82) is 0 Å². The summed E-state index contributed by atoms with van der Waals surface area (Å²) in [6.45, 7) is 1.82. The first-order valence-electron chi connectivity index (χ1n) is 5.93. The quantitative estimate of drug-likeness (QED) is 0.773. The third kappa shape index (κ3) is 3.10. The molecule has 0 saturated heterocycles. The minimum atomic E-state index is -0.151. The minimum absolute atomic E-state index is 0.151. The predicted molar refractivity (Wildman–Crippen MR) is 71.6 cm³/mol.